The maximum Gasteiger partial charge on any atom is 0.257 e. The van der Waals surface area contributed by atoms with E-state index in [1.165, 1.54) is 5.56 Å². The molecule has 2 aromatic rings. The molecule has 5 heteroatoms. The van der Waals surface area contributed by atoms with Crippen LogP contribution in [0.2, 0.25) is 0 Å². The zero-order valence-electron chi connectivity index (χ0n) is 16.0. The molecule has 1 heterocycles. The summed E-state index contributed by atoms with van der Waals surface area (Å²) in [5.74, 6) is 1.56. The van der Waals surface area contributed by atoms with Gasteiger partial charge < -0.3 is 19.1 Å². The molecule has 0 bridgehead atoms. The SMILES string of the molecule is COc1cccc(C(=O)N2CCC(COCc3ccccc3)CC2)c1OC. The molecule has 0 saturated carbocycles. The molecule has 0 atom stereocenters. The van der Waals surface area contributed by atoms with Gasteiger partial charge in [-0.3, -0.25) is 4.79 Å². The van der Waals surface area contributed by atoms with Crippen molar-refractivity contribution in [2.45, 2.75) is 19.4 Å². The van der Waals surface area contributed by atoms with Crippen LogP contribution in [0.4, 0.5) is 0 Å². The van der Waals surface area contributed by atoms with Gasteiger partial charge >= 0.3 is 0 Å². The number of ether oxygens (including phenoxy) is 3. The fourth-order valence-electron chi connectivity index (χ4n) is 3.45. The Morgan fingerprint density at radius 3 is 2.41 bits per heavy atom. The zero-order valence-corrected chi connectivity index (χ0v) is 16.0. The predicted molar refractivity (Wildman–Crippen MR) is 104 cm³/mol. The van der Waals surface area contributed by atoms with E-state index in [1.807, 2.05) is 29.2 Å². The first-order valence-electron chi connectivity index (χ1n) is 9.35. The first-order valence-corrected chi connectivity index (χ1v) is 9.35. The summed E-state index contributed by atoms with van der Waals surface area (Å²) < 4.78 is 16.6. The van der Waals surface area contributed by atoms with Crippen LogP contribution < -0.4 is 9.47 Å². The molecule has 0 radical (unpaired) electrons. The standard InChI is InChI=1S/C22H27NO4/c1-25-20-10-6-9-19(21(20)26-2)22(24)23-13-11-18(12-14-23)16-27-15-17-7-4-3-5-8-17/h3-10,18H,11-16H2,1-2H3. The van der Waals surface area contributed by atoms with Crippen molar-refractivity contribution in [3.05, 3.63) is 59.7 Å². The maximum atomic E-state index is 12.9. The Kier molecular flexibility index (Phi) is 6.71. The number of methoxy groups -OCH3 is 2. The second kappa shape index (κ2) is 9.42. The van der Waals surface area contributed by atoms with Crippen LogP contribution in [0.5, 0.6) is 11.5 Å². The highest BCUT2D eigenvalue weighted by Crippen LogP contribution is 2.32. The first-order chi connectivity index (χ1) is 13.2. The Hall–Kier alpha value is -2.53. The minimum atomic E-state index is -0.00518. The summed E-state index contributed by atoms with van der Waals surface area (Å²) in [6.45, 7) is 2.84. The third kappa shape index (κ3) is 4.80. The third-order valence-electron chi connectivity index (χ3n) is 5.00. The van der Waals surface area contributed by atoms with Crippen LogP contribution in [0.3, 0.4) is 0 Å². The van der Waals surface area contributed by atoms with Crippen molar-refractivity contribution in [2.24, 2.45) is 5.92 Å². The highest BCUT2D eigenvalue weighted by Gasteiger charge is 2.26. The number of likely N-dealkylation sites (tertiary alicyclic amines) is 1. The Bertz CT molecular complexity index is 739. The molecule has 27 heavy (non-hydrogen) atoms. The molecule has 1 amide bonds. The quantitative estimate of drug-likeness (QED) is 0.745. The molecule has 0 N–H and O–H groups in total. The van der Waals surface area contributed by atoms with Gasteiger partial charge in [0.2, 0.25) is 0 Å². The van der Waals surface area contributed by atoms with Crippen molar-refractivity contribution in [1.29, 1.82) is 0 Å². The fraction of sp³-hybridized carbons (Fsp3) is 0.409. The Balaban J connectivity index is 1.51. The normalized spacial score (nSPS) is 14.8. The van der Waals surface area contributed by atoms with Gasteiger partial charge in [0.25, 0.3) is 5.91 Å². The summed E-state index contributed by atoms with van der Waals surface area (Å²) in [6.07, 6.45) is 1.90. The van der Waals surface area contributed by atoms with Gasteiger partial charge in [0.15, 0.2) is 11.5 Å². The van der Waals surface area contributed by atoms with Crippen LogP contribution >= 0.6 is 0 Å². The number of para-hydroxylation sites is 1. The number of benzene rings is 2. The molecular weight excluding hydrogens is 342 g/mol. The summed E-state index contributed by atoms with van der Waals surface area (Å²) >= 11 is 0. The summed E-state index contributed by atoms with van der Waals surface area (Å²) in [5, 5.41) is 0. The molecule has 2 aromatic carbocycles. The van der Waals surface area contributed by atoms with E-state index in [-0.39, 0.29) is 5.91 Å². The molecule has 5 nitrogen and oxygen atoms in total. The molecule has 3 rings (SSSR count). The lowest BCUT2D eigenvalue weighted by atomic mass is 9.97. The summed E-state index contributed by atoms with van der Waals surface area (Å²) in [5.41, 5.74) is 1.74. The summed E-state index contributed by atoms with van der Waals surface area (Å²) in [6, 6.07) is 15.6. The van der Waals surface area contributed by atoms with Crippen LogP contribution in [0.1, 0.15) is 28.8 Å². The molecule has 1 saturated heterocycles. The molecule has 1 fully saturated rings. The van der Waals surface area contributed by atoms with Gasteiger partial charge in [-0.15, -0.1) is 0 Å². The summed E-state index contributed by atoms with van der Waals surface area (Å²) in [4.78, 5) is 14.8. The fourth-order valence-corrected chi connectivity index (χ4v) is 3.45. The van der Waals surface area contributed by atoms with E-state index in [0.29, 0.717) is 29.6 Å². The van der Waals surface area contributed by atoms with Gasteiger partial charge in [0.1, 0.15) is 0 Å². The maximum absolute atomic E-state index is 12.9. The van der Waals surface area contributed by atoms with E-state index < -0.39 is 0 Å². The van der Waals surface area contributed by atoms with Crippen molar-refractivity contribution in [3.8, 4) is 11.5 Å². The minimum absolute atomic E-state index is 0.00518. The van der Waals surface area contributed by atoms with Gasteiger partial charge in [0.05, 0.1) is 26.4 Å². The zero-order chi connectivity index (χ0) is 19.1. The molecule has 1 aliphatic rings. The van der Waals surface area contributed by atoms with Crippen LogP contribution in [0.15, 0.2) is 48.5 Å². The van der Waals surface area contributed by atoms with Crippen LogP contribution in [-0.4, -0.2) is 44.7 Å². The van der Waals surface area contributed by atoms with Crippen molar-refractivity contribution < 1.29 is 19.0 Å². The molecule has 0 aliphatic carbocycles. The number of carbonyl (C=O) groups is 1. The Morgan fingerprint density at radius 1 is 1.00 bits per heavy atom. The van der Waals surface area contributed by atoms with Gasteiger partial charge in [-0.2, -0.15) is 0 Å². The van der Waals surface area contributed by atoms with Gasteiger partial charge in [0, 0.05) is 19.7 Å². The highest BCUT2D eigenvalue weighted by molar-refractivity contribution is 5.97. The Labute approximate surface area is 160 Å². The number of piperidine rings is 1. The number of amides is 1. The average Bonchev–Trinajstić information content (AvgIpc) is 2.73. The van der Waals surface area contributed by atoms with E-state index in [1.54, 1.807) is 26.4 Å². The molecule has 0 aromatic heterocycles. The van der Waals surface area contributed by atoms with Gasteiger partial charge in [-0.1, -0.05) is 36.4 Å². The second-order valence-electron chi connectivity index (χ2n) is 6.78. The number of nitrogens with zero attached hydrogens (tertiary/aromatic N) is 1. The monoisotopic (exact) mass is 369 g/mol. The summed E-state index contributed by atoms with van der Waals surface area (Å²) in [7, 11) is 3.14. The smallest absolute Gasteiger partial charge is 0.257 e. The van der Waals surface area contributed by atoms with Gasteiger partial charge in [-0.05, 0) is 36.5 Å². The van der Waals surface area contributed by atoms with E-state index in [4.69, 9.17) is 14.2 Å². The lowest BCUT2D eigenvalue weighted by Gasteiger charge is -2.32. The molecule has 144 valence electrons. The van der Waals surface area contributed by atoms with Crippen molar-refractivity contribution in [2.75, 3.05) is 33.9 Å². The van der Waals surface area contributed by atoms with Crippen molar-refractivity contribution in [3.63, 3.8) is 0 Å². The third-order valence-corrected chi connectivity index (χ3v) is 5.00. The van der Waals surface area contributed by atoms with Gasteiger partial charge in [-0.25, -0.2) is 0 Å². The second-order valence-corrected chi connectivity index (χ2v) is 6.78. The van der Waals surface area contributed by atoms with E-state index in [9.17, 15) is 4.79 Å². The number of hydrogen-bond acceptors (Lipinski definition) is 4. The van der Waals surface area contributed by atoms with E-state index >= 15 is 0 Å². The molecule has 1 aliphatic heterocycles. The molecule has 0 unspecified atom stereocenters. The Morgan fingerprint density at radius 2 is 1.74 bits per heavy atom. The molecular formula is C22H27NO4. The van der Waals surface area contributed by atoms with Crippen LogP contribution in [-0.2, 0) is 11.3 Å². The van der Waals surface area contributed by atoms with Crippen molar-refractivity contribution >= 4 is 5.91 Å². The minimum Gasteiger partial charge on any atom is -0.493 e. The highest BCUT2D eigenvalue weighted by atomic mass is 16.5. The average molecular weight is 369 g/mol. The predicted octanol–water partition coefficient (Wildman–Crippen LogP) is 3.77. The van der Waals surface area contributed by atoms with E-state index in [2.05, 4.69) is 12.1 Å². The lowest BCUT2D eigenvalue weighted by molar-refractivity contribution is 0.0476. The van der Waals surface area contributed by atoms with Crippen molar-refractivity contribution in [1.82, 2.24) is 4.90 Å². The first kappa shape index (κ1) is 19.2. The topological polar surface area (TPSA) is 48.0 Å². The number of hydrogen-bond donors (Lipinski definition) is 0. The largest absolute Gasteiger partial charge is 0.493 e. The molecule has 0 spiro atoms. The lowest BCUT2D eigenvalue weighted by Crippen LogP contribution is -2.39. The van der Waals surface area contributed by atoms with E-state index in [0.717, 1.165) is 32.5 Å². The number of rotatable bonds is 7. The number of carbonyl (C=O) groups excluding carboxylic acids is 1. The van der Waals surface area contributed by atoms with Crippen LogP contribution in [0, 0.1) is 5.92 Å². The van der Waals surface area contributed by atoms with Crippen LogP contribution in [0.25, 0.3) is 0 Å².